The molecule has 1 aliphatic rings. The van der Waals surface area contributed by atoms with Gasteiger partial charge in [0, 0.05) is 0 Å². The average molecular weight is 230 g/mol. The van der Waals surface area contributed by atoms with E-state index >= 15 is 0 Å². The topological polar surface area (TPSA) is 62.1 Å². The molecule has 1 aliphatic carbocycles. The quantitative estimate of drug-likeness (QED) is 0.849. The molecule has 0 unspecified atom stereocenters. The summed E-state index contributed by atoms with van der Waals surface area (Å²) in [7, 11) is 0. The number of benzene rings is 1. The first kappa shape index (κ1) is 11.5. The van der Waals surface area contributed by atoms with Gasteiger partial charge in [0.15, 0.2) is 0 Å². The van der Waals surface area contributed by atoms with Crippen molar-refractivity contribution < 1.29 is 9.53 Å². The Morgan fingerprint density at radius 3 is 3.06 bits per heavy atom. The van der Waals surface area contributed by atoms with Crippen molar-refractivity contribution in [2.24, 2.45) is 0 Å². The molecule has 0 spiro atoms. The number of amides is 1. The zero-order chi connectivity index (χ0) is 12.3. The van der Waals surface area contributed by atoms with Crippen molar-refractivity contribution in [3.63, 3.8) is 0 Å². The first-order valence-corrected chi connectivity index (χ1v) is 5.75. The molecule has 0 atom stereocenters. The highest BCUT2D eigenvalue weighted by Crippen LogP contribution is 2.30. The summed E-state index contributed by atoms with van der Waals surface area (Å²) in [6, 6.07) is 5.93. The number of hydrogen-bond donors (Lipinski definition) is 1. The largest absolute Gasteiger partial charge is 0.450 e. The van der Waals surface area contributed by atoms with Crippen molar-refractivity contribution in [2.75, 3.05) is 11.9 Å². The van der Waals surface area contributed by atoms with Gasteiger partial charge in [0.25, 0.3) is 0 Å². The van der Waals surface area contributed by atoms with Crippen molar-refractivity contribution in [2.45, 2.75) is 26.2 Å². The Kier molecular flexibility index (Phi) is 3.29. The number of carbonyl (C=O) groups is 1. The fourth-order valence-corrected chi connectivity index (χ4v) is 2.18. The number of nitriles is 1. The van der Waals surface area contributed by atoms with E-state index in [1.807, 2.05) is 6.07 Å². The molecule has 0 fully saturated rings. The summed E-state index contributed by atoms with van der Waals surface area (Å²) >= 11 is 0. The lowest BCUT2D eigenvalue weighted by atomic mass is 10.0. The number of carbonyl (C=O) groups excluding carboxylic acids is 1. The molecule has 4 heteroatoms. The van der Waals surface area contributed by atoms with Gasteiger partial charge in [-0.1, -0.05) is 6.07 Å². The van der Waals surface area contributed by atoms with E-state index in [0.29, 0.717) is 17.9 Å². The van der Waals surface area contributed by atoms with Crippen LogP contribution in [0.5, 0.6) is 0 Å². The van der Waals surface area contributed by atoms with Gasteiger partial charge in [0.1, 0.15) is 6.07 Å². The number of aryl methyl sites for hydroxylation is 1. The molecule has 0 saturated carbocycles. The van der Waals surface area contributed by atoms with E-state index in [4.69, 9.17) is 4.74 Å². The van der Waals surface area contributed by atoms with Gasteiger partial charge in [-0.25, -0.2) is 4.79 Å². The van der Waals surface area contributed by atoms with E-state index in [9.17, 15) is 10.1 Å². The van der Waals surface area contributed by atoms with E-state index in [1.165, 1.54) is 5.56 Å². The maximum Gasteiger partial charge on any atom is 0.411 e. The Hall–Kier alpha value is -2.02. The van der Waals surface area contributed by atoms with Crippen LogP contribution in [0.3, 0.4) is 0 Å². The van der Waals surface area contributed by atoms with Crippen LogP contribution in [0.25, 0.3) is 0 Å². The van der Waals surface area contributed by atoms with Crippen LogP contribution in [0, 0.1) is 11.3 Å². The standard InChI is InChI=1S/C13H14N2O2/c1-2-17-13(16)15-12-7-6-9-4-3-5-10(9)11(12)8-14/h6-7H,2-5H2,1H3,(H,15,16). The molecule has 88 valence electrons. The van der Waals surface area contributed by atoms with Crippen LogP contribution >= 0.6 is 0 Å². The Bertz CT molecular complexity index is 489. The van der Waals surface area contributed by atoms with Crippen LogP contribution in [0.15, 0.2) is 12.1 Å². The van der Waals surface area contributed by atoms with Gasteiger partial charge >= 0.3 is 6.09 Å². The van der Waals surface area contributed by atoms with Crippen molar-refractivity contribution in [3.05, 3.63) is 28.8 Å². The van der Waals surface area contributed by atoms with Gasteiger partial charge in [0.05, 0.1) is 17.9 Å². The molecule has 0 bridgehead atoms. The minimum Gasteiger partial charge on any atom is -0.450 e. The van der Waals surface area contributed by atoms with E-state index in [2.05, 4.69) is 11.4 Å². The summed E-state index contributed by atoms with van der Waals surface area (Å²) < 4.78 is 4.81. The second-order valence-electron chi connectivity index (χ2n) is 3.94. The number of hydrogen-bond acceptors (Lipinski definition) is 3. The number of ether oxygens (including phenoxy) is 1. The number of fused-ring (bicyclic) bond motifs is 1. The molecule has 1 aromatic rings. The minimum absolute atomic E-state index is 0.318. The van der Waals surface area contributed by atoms with Crippen molar-refractivity contribution in [1.29, 1.82) is 5.26 Å². The number of nitrogens with zero attached hydrogens (tertiary/aromatic N) is 1. The van der Waals surface area contributed by atoms with Gasteiger partial charge < -0.3 is 4.74 Å². The van der Waals surface area contributed by atoms with Crippen LogP contribution in [0.2, 0.25) is 0 Å². The van der Waals surface area contributed by atoms with E-state index < -0.39 is 6.09 Å². The van der Waals surface area contributed by atoms with Crippen LogP contribution in [-0.2, 0) is 17.6 Å². The predicted octanol–water partition coefficient (Wildman–Crippen LogP) is 2.62. The Morgan fingerprint density at radius 2 is 2.35 bits per heavy atom. The maximum atomic E-state index is 11.3. The first-order valence-electron chi connectivity index (χ1n) is 5.75. The van der Waals surface area contributed by atoms with E-state index in [1.54, 1.807) is 13.0 Å². The lowest BCUT2D eigenvalue weighted by Crippen LogP contribution is -2.14. The molecule has 1 amide bonds. The molecule has 0 radical (unpaired) electrons. The fourth-order valence-electron chi connectivity index (χ4n) is 2.18. The summed E-state index contributed by atoms with van der Waals surface area (Å²) in [6.45, 7) is 2.06. The van der Waals surface area contributed by atoms with Gasteiger partial charge in [-0.05, 0) is 43.4 Å². The van der Waals surface area contributed by atoms with Crippen molar-refractivity contribution in [1.82, 2.24) is 0 Å². The summed E-state index contributed by atoms with van der Waals surface area (Å²) in [4.78, 5) is 11.3. The normalized spacial score (nSPS) is 12.7. The van der Waals surface area contributed by atoms with Gasteiger partial charge in [-0.3, -0.25) is 5.32 Å². The minimum atomic E-state index is -0.512. The van der Waals surface area contributed by atoms with E-state index in [0.717, 1.165) is 24.8 Å². The highest BCUT2D eigenvalue weighted by Gasteiger charge is 2.18. The molecule has 17 heavy (non-hydrogen) atoms. The third kappa shape index (κ3) is 2.23. The van der Waals surface area contributed by atoms with Crippen molar-refractivity contribution in [3.8, 4) is 6.07 Å². The Morgan fingerprint density at radius 1 is 1.53 bits per heavy atom. The third-order valence-electron chi connectivity index (χ3n) is 2.91. The molecular weight excluding hydrogens is 216 g/mol. The summed E-state index contributed by atoms with van der Waals surface area (Å²) in [6.07, 6.45) is 2.50. The molecule has 1 aromatic carbocycles. The molecule has 0 heterocycles. The molecule has 1 N–H and O–H groups in total. The summed E-state index contributed by atoms with van der Waals surface area (Å²) in [5, 5.41) is 11.8. The number of anilines is 1. The first-order chi connectivity index (χ1) is 8.26. The average Bonchev–Trinajstić information content (AvgIpc) is 2.77. The molecular formula is C13H14N2O2. The zero-order valence-corrected chi connectivity index (χ0v) is 9.75. The SMILES string of the molecule is CCOC(=O)Nc1ccc2c(c1C#N)CCC2. The van der Waals surface area contributed by atoms with Crippen molar-refractivity contribution >= 4 is 11.8 Å². The predicted molar refractivity (Wildman–Crippen MR) is 63.8 cm³/mol. The molecule has 0 saturated heterocycles. The second kappa shape index (κ2) is 4.88. The second-order valence-corrected chi connectivity index (χ2v) is 3.94. The van der Waals surface area contributed by atoms with Gasteiger partial charge in [-0.15, -0.1) is 0 Å². The summed E-state index contributed by atoms with van der Waals surface area (Å²) in [5.74, 6) is 0. The van der Waals surface area contributed by atoms with Crippen LogP contribution in [0.4, 0.5) is 10.5 Å². The molecule has 4 nitrogen and oxygen atoms in total. The molecule has 2 rings (SSSR count). The number of nitrogens with one attached hydrogen (secondary N) is 1. The third-order valence-corrected chi connectivity index (χ3v) is 2.91. The fraction of sp³-hybridized carbons (Fsp3) is 0.385. The Balaban J connectivity index is 2.30. The monoisotopic (exact) mass is 230 g/mol. The van der Waals surface area contributed by atoms with E-state index in [-0.39, 0.29) is 0 Å². The number of rotatable bonds is 2. The van der Waals surface area contributed by atoms with Gasteiger partial charge in [-0.2, -0.15) is 5.26 Å². The lowest BCUT2D eigenvalue weighted by molar-refractivity contribution is 0.168. The maximum absolute atomic E-state index is 11.3. The lowest BCUT2D eigenvalue weighted by Gasteiger charge is -2.10. The molecule has 0 aromatic heterocycles. The van der Waals surface area contributed by atoms with Crippen LogP contribution in [-0.4, -0.2) is 12.7 Å². The smallest absolute Gasteiger partial charge is 0.411 e. The Labute approximate surface area is 100 Å². The summed E-state index contributed by atoms with van der Waals surface area (Å²) in [5.41, 5.74) is 3.41. The molecule has 0 aliphatic heterocycles. The van der Waals surface area contributed by atoms with Crippen LogP contribution in [0.1, 0.15) is 30.0 Å². The highest BCUT2D eigenvalue weighted by atomic mass is 16.5. The highest BCUT2D eigenvalue weighted by molar-refractivity contribution is 5.87. The van der Waals surface area contributed by atoms with Gasteiger partial charge in [0.2, 0.25) is 0 Å². The zero-order valence-electron chi connectivity index (χ0n) is 9.75. The van der Waals surface area contributed by atoms with Crippen LogP contribution < -0.4 is 5.32 Å².